The van der Waals surface area contributed by atoms with E-state index in [2.05, 4.69) is 15.5 Å². The van der Waals surface area contributed by atoms with Crippen molar-refractivity contribution < 1.29 is 9.53 Å². The first-order chi connectivity index (χ1) is 13.8. The lowest BCUT2D eigenvalue weighted by atomic mass is 10.1. The number of aryl methyl sites for hydroxylation is 3. The molecule has 29 heavy (non-hydrogen) atoms. The molecule has 1 aromatic heterocycles. The number of halogens is 1. The Bertz CT molecular complexity index is 995. The predicted molar refractivity (Wildman–Crippen MR) is 117 cm³/mol. The summed E-state index contributed by atoms with van der Waals surface area (Å²) in [5.74, 6) is 1.57. The van der Waals surface area contributed by atoms with Crippen LogP contribution in [0.2, 0.25) is 5.02 Å². The van der Waals surface area contributed by atoms with Gasteiger partial charge in [0, 0.05) is 17.8 Å². The smallest absolute Gasteiger partial charge is 0.234 e. The van der Waals surface area contributed by atoms with Gasteiger partial charge in [-0.2, -0.15) is 0 Å². The van der Waals surface area contributed by atoms with Crippen molar-refractivity contribution in [1.29, 1.82) is 0 Å². The third kappa shape index (κ3) is 5.52. The van der Waals surface area contributed by atoms with E-state index >= 15 is 0 Å². The number of carbonyl (C=O) groups excluding carboxylic acids is 1. The Morgan fingerprint density at radius 2 is 1.79 bits per heavy atom. The van der Waals surface area contributed by atoms with Crippen molar-refractivity contribution in [2.45, 2.75) is 32.5 Å². The van der Waals surface area contributed by atoms with E-state index in [0.717, 1.165) is 33.1 Å². The van der Waals surface area contributed by atoms with Crippen molar-refractivity contribution in [3.8, 4) is 5.75 Å². The third-order valence-electron chi connectivity index (χ3n) is 4.37. The van der Waals surface area contributed by atoms with Crippen LogP contribution >= 0.6 is 23.4 Å². The zero-order chi connectivity index (χ0) is 21.0. The fraction of sp³-hybridized carbons (Fsp3) is 0.286. The van der Waals surface area contributed by atoms with Crippen LogP contribution in [0.5, 0.6) is 5.75 Å². The van der Waals surface area contributed by atoms with E-state index in [1.165, 1.54) is 11.8 Å². The number of hydrogen-bond donors (Lipinski definition) is 1. The van der Waals surface area contributed by atoms with Gasteiger partial charge < -0.3 is 14.6 Å². The van der Waals surface area contributed by atoms with E-state index in [1.807, 2.05) is 68.8 Å². The molecule has 3 aromatic rings. The number of ether oxygens (including phenoxy) is 1. The molecular formula is C21H23ClN4O2S. The average molecular weight is 431 g/mol. The maximum Gasteiger partial charge on any atom is 0.234 e. The van der Waals surface area contributed by atoms with Gasteiger partial charge in [0.2, 0.25) is 5.91 Å². The first kappa shape index (κ1) is 21.2. The van der Waals surface area contributed by atoms with E-state index < -0.39 is 0 Å². The summed E-state index contributed by atoms with van der Waals surface area (Å²) in [4.78, 5) is 12.2. The number of carbonyl (C=O) groups is 1. The molecule has 1 heterocycles. The van der Waals surface area contributed by atoms with Gasteiger partial charge in [-0.05, 0) is 56.2 Å². The average Bonchev–Trinajstić information content (AvgIpc) is 3.04. The molecular weight excluding hydrogens is 408 g/mol. The Kier molecular flexibility index (Phi) is 6.82. The lowest BCUT2D eigenvalue weighted by Gasteiger charge is -2.10. The van der Waals surface area contributed by atoms with Crippen LogP contribution in [0.15, 0.2) is 41.6 Å². The van der Waals surface area contributed by atoms with Gasteiger partial charge in [0.1, 0.15) is 12.4 Å². The molecule has 0 aliphatic carbocycles. The van der Waals surface area contributed by atoms with Gasteiger partial charge in [-0.25, -0.2) is 0 Å². The summed E-state index contributed by atoms with van der Waals surface area (Å²) in [6, 6.07) is 11.5. The van der Waals surface area contributed by atoms with Crippen LogP contribution in [0.25, 0.3) is 0 Å². The molecule has 0 bridgehead atoms. The largest absolute Gasteiger partial charge is 0.486 e. The molecule has 0 spiro atoms. The number of nitrogens with one attached hydrogen (secondary N) is 1. The van der Waals surface area contributed by atoms with Gasteiger partial charge >= 0.3 is 0 Å². The quantitative estimate of drug-likeness (QED) is 0.550. The van der Waals surface area contributed by atoms with Gasteiger partial charge in [-0.1, -0.05) is 41.1 Å². The first-order valence-corrected chi connectivity index (χ1v) is 10.5. The van der Waals surface area contributed by atoms with Gasteiger partial charge in [0.25, 0.3) is 0 Å². The topological polar surface area (TPSA) is 69.0 Å². The lowest BCUT2D eigenvalue weighted by Crippen LogP contribution is -2.14. The maximum absolute atomic E-state index is 12.2. The summed E-state index contributed by atoms with van der Waals surface area (Å²) in [7, 11) is 1.86. The van der Waals surface area contributed by atoms with E-state index in [1.54, 1.807) is 0 Å². The van der Waals surface area contributed by atoms with Crippen LogP contribution in [0.1, 0.15) is 22.5 Å². The number of amides is 1. The molecule has 8 heteroatoms. The van der Waals surface area contributed by atoms with Gasteiger partial charge in [0.05, 0.1) is 5.75 Å². The monoisotopic (exact) mass is 430 g/mol. The fourth-order valence-electron chi connectivity index (χ4n) is 2.70. The summed E-state index contributed by atoms with van der Waals surface area (Å²) in [5.41, 5.74) is 3.86. The normalized spacial score (nSPS) is 10.8. The summed E-state index contributed by atoms with van der Waals surface area (Å²) < 4.78 is 7.68. The molecule has 0 aliphatic heterocycles. The van der Waals surface area contributed by atoms with E-state index in [9.17, 15) is 4.79 Å². The minimum absolute atomic E-state index is 0.0910. The molecule has 3 rings (SSSR count). The molecule has 0 atom stereocenters. The number of anilines is 1. The zero-order valence-corrected chi connectivity index (χ0v) is 18.4. The van der Waals surface area contributed by atoms with Crippen LogP contribution < -0.4 is 10.1 Å². The molecule has 1 N–H and O–H groups in total. The number of aromatic nitrogens is 3. The molecule has 0 saturated heterocycles. The molecule has 0 aliphatic rings. The van der Waals surface area contributed by atoms with Crippen molar-refractivity contribution in [1.82, 2.24) is 14.8 Å². The summed E-state index contributed by atoms with van der Waals surface area (Å²) in [5, 5.41) is 12.6. The Hall–Kier alpha value is -2.51. The van der Waals surface area contributed by atoms with E-state index in [-0.39, 0.29) is 18.3 Å². The van der Waals surface area contributed by atoms with Crippen molar-refractivity contribution in [3.63, 3.8) is 0 Å². The molecule has 152 valence electrons. The molecule has 0 radical (unpaired) electrons. The number of benzene rings is 2. The standard InChI is InChI=1S/C21H23ClN4O2S/c1-13-5-7-16(8-6-13)23-19(27)12-29-21-25-24-18(26(21)4)11-28-17-9-14(2)20(22)15(3)10-17/h5-10H,11-12H2,1-4H3,(H,23,27). The van der Waals surface area contributed by atoms with Gasteiger partial charge in [-0.3, -0.25) is 4.79 Å². The highest BCUT2D eigenvalue weighted by Gasteiger charge is 2.13. The Balaban J connectivity index is 1.55. The second-order valence-corrected chi connectivity index (χ2v) is 8.14. The number of thioether (sulfide) groups is 1. The second-order valence-electron chi connectivity index (χ2n) is 6.82. The van der Waals surface area contributed by atoms with Crippen LogP contribution in [0, 0.1) is 20.8 Å². The summed E-state index contributed by atoms with van der Waals surface area (Å²) in [6.07, 6.45) is 0. The fourth-order valence-corrected chi connectivity index (χ4v) is 3.54. The van der Waals surface area contributed by atoms with Crippen LogP contribution in [-0.2, 0) is 18.4 Å². The summed E-state index contributed by atoms with van der Waals surface area (Å²) >= 11 is 7.53. The highest BCUT2D eigenvalue weighted by atomic mass is 35.5. The predicted octanol–water partition coefficient (Wildman–Crippen LogP) is 4.70. The molecule has 1 amide bonds. The van der Waals surface area contributed by atoms with Crippen molar-refractivity contribution in [2.75, 3.05) is 11.1 Å². The number of hydrogen-bond acceptors (Lipinski definition) is 5. The molecule has 0 fully saturated rings. The maximum atomic E-state index is 12.2. The third-order valence-corrected chi connectivity index (χ3v) is 5.99. The van der Waals surface area contributed by atoms with Crippen molar-refractivity contribution in [2.24, 2.45) is 7.05 Å². The molecule has 0 saturated carbocycles. The van der Waals surface area contributed by atoms with Gasteiger partial charge in [-0.15, -0.1) is 10.2 Å². The minimum Gasteiger partial charge on any atom is -0.486 e. The highest BCUT2D eigenvalue weighted by molar-refractivity contribution is 7.99. The van der Waals surface area contributed by atoms with Crippen molar-refractivity contribution >= 4 is 35.0 Å². The Morgan fingerprint density at radius 1 is 1.14 bits per heavy atom. The van der Waals surface area contributed by atoms with Gasteiger partial charge in [0.15, 0.2) is 11.0 Å². The van der Waals surface area contributed by atoms with Crippen LogP contribution in [0.3, 0.4) is 0 Å². The van der Waals surface area contributed by atoms with E-state index in [4.69, 9.17) is 16.3 Å². The number of rotatable bonds is 7. The Labute approximate surface area is 179 Å². The Morgan fingerprint density at radius 3 is 2.45 bits per heavy atom. The number of nitrogens with zero attached hydrogens (tertiary/aromatic N) is 3. The van der Waals surface area contributed by atoms with E-state index in [0.29, 0.717) is 11.0 Å². The minimum atomic E-state index is -0.0910. The first-order valence-electron chi connectivity index (χ1n) is 9.10. The molecule has 0 unspecified atom stereocenters. The van der Waals surface area contributed by atoms with Crippen LogP contribution in [0.4, 0.5) is 5.69 Å². The summed E-state index contributed by atoms with van der Waals surface area (Å²) in [6.45, 7) is 6.17. The molecule has 2 aromatic carbocycles. The lowest BCUT2D eigenvalue weighted by molar-refractivity contribution is -0.113. The SMILES string of the molecule is Cc1ccc(NC(=O)CSc2nnc(COc3cc(C)c(Cl)c(C)c3)n2C)cc1. The highest BCUT2D eigenvalue weighted by Crippen LogP contribution is 2.26. The second kappa shape index (κ2) is 9.33. The van der Waals surface area contributed by atoms with Crippen LogP contribution in [-0.4, -0.2) is 26.4 Å². The molecule has 6 nitrogen and oxygen atoms in total. The van der Waals surface area contributed by atoms with Crippen molar-refractivity contribution in [3.05, 3.63) is 63.9 Å². The zero-order valence-electron chi connectivity index (χ0n) is 16.8.